The molecule has 0 aliphatic rings. The summed E-state index contributed by atoms with van der Waals surface area (Å²) in [6, 6.07) is 5.23. The molecule has 1 N–H and O–H groups in total. The first-order valence-corrected chi connectivity index (χ1v) is 5.05. The lowest BCUT2D eigenvalue weighted by Crippen LogP contribution is -2.05. The Morgan fingerprint density at radius 3 is 2.71 bits per heavy atom. The van der Waals surface area contributed by atoms with Crippen LogP contribution in [0.4, 0.5) is 0 Å². The van der Waals surface area contributed by atoms with Crippen LogP contribution in [0.25, 0.3) is 0 Å². The van der Waals surface area contributed by atoms with Gasteiger partial charge < -0.3 is 5.11 Å². The molecule has 1 aromatic rings. The van der Waals surface area contributed by atoms with Crippen molar-refractivity contribution < 1.29 is 9.90 Å². The smallest absolute Gasteiger partial charge is 0.337 e. The number of hydrogen-bond acceptors (Lipinski definition) is 2. The predicted octanol–water partition coefficient (Wildman–Crippen LogP) is 2.46. The van der Waals surface area contributed by atoms with Gasteiger partial charge in [-0.25, -0.2) is 4.79 Å². The van der Waals surface area contributed by atoms with Crippen LogP contribution < -0.4 is 0 Å². The maximum Gasteiger partial charge on any atom is 0.337 e. The lowest BCUT2D eigenvalue weighted by Gasteiger charge is -2.06. The van der Waals surface area contributed by atoms with Crippen LogP contribution in [0, 0.1) is 18.3 Å². The number of nitrogens with zero attached hydrogens (tertiary/aromatic N) is 1. The number of nitriles is 1. The van der Waals surface area contributed by atoms with E-state index in [2.05, 4.69) is 15.9 Å². The van der Waals surface area contributed by atoms with E-state index in [1.807, 2.05) is 13.0 Å². The molecule has 0 radical (unpaired) electrons. The van der Waals surface area contributed by atoms with Gasteiger partial charge in [0, 0.05) is 5.33 Å². The minimum absolute atomic E-state index is 0.0926. The fourth-order valence-electron chi connectivity index (χ4n) is 1.31. The quantitative estimate of drug-likeness (QED) is 0.824. The van der Waals surface area contributed by atoms with E-state index in [1.165, 1.54) is 0 Å². The van der Waals surface area contributed by atoms with Crippen LogP contribution in [-0.4, -0.2) is 11.1 Å². The second-order valence-corrected chi connectivity index (χ2v) is 3.46. The molecule has 0 aliphatic carbocycles. The third-order valence-electron chi connectivity index (χ3n) is 1.84. The summed E-state index contributed by atoms with van der Waals surface area (Å²) < 4.78 is 0. The summed E-state index contributed by atoms with van der Waals surface area (Å²) in [6.07, 6.45) is 0. The van der Waals surface area contributed by atoms with Gasteiger partial charge in [0.1, 0.15) is 6.07 Å². The Morgan fingerprint density at radius 2 is 2.29 bits per heavy atom. The first-order chi connectivity index (χ1) is 6.60. The van der Waals surface area contributed by atoms with Gasteiger partial charge in [-0.2, -0.15) is 5.26 Å². The normalized spacial score (nSPS) is 9.50. The summed E-state index contributed by atoms with van der Waals surface area (Å²) in [5.41, 5.74) is 1.83. The fraction of sp³-hybridized carbons (Fsp3) is 0.200. The average molecular weight is 254 g/mol. The monoisotopic (exact) mass is 253 g/mol. The number of carboxylic acid groups (broad SMARTS) is 1. The zero-order chi connectivity index (χ0) is 10.7. The number of carboxylic acids is 1. The van der Waals surface area contributed by atoms with Crippen LogP contribution in [0.15, 0.2) is 12.1 Å². The first-order valence-electron chi connectivity index (χ1n) is 3.93. The van der Waals surface area contributed by atoms with Gasteiger partial charge in [-0.1, -0.05) is 22.0 Å². The number of aromatic carboxylic acids is 1. The summed E-state index contributed by atoms with van der Waals surface area (Å²) >= 11 is 3.20. The van der Waals surface area contributed by atoms with E-state index < -0.39 is 5.97 Å². The third-order valence-corrected chi connectivity index (χ3v) is 2.45. The summed E-state index contributed by atoms with van der Waals surface area (Å²) in [7, 11) is 0. The molecule has 0 aliphatic heterocycles. The maximum atomic E-state index is 10.9. The highest BCUT2D eigenvalue weighted by Gasteiger charge is 2.15. The van der Waals surface area contributed by atoms with Crippen molar-refractivity contribution >= 4 is 21.9 Å². The second-order valence-electron chi connectivity index (χ2n) is 2.90. The third kappa shape index (κ3) is 1.94. The molecule has 0 bridgehead atoms. The molecule has 0 saturated heterocycles. The first kappa shape index (κ1) is 10.7. The molecular formula is C10H8BrNO2. The summed E-state index contributed by atoms with van der Waals surface area (Å²) in [4.78, 5) is 10.9. The molecule has 72 valence electrons. The fourth-order valence-corrected chi connectivity index (χ4v) is 1.75. The van der Waals surface area contributed by atoms with E-state index >= 15 is 0 Å². The van der Waals surface area contributed by atoms with Crippen molar-refractivity contribution in [3.05, 3.63) is 34.4 Å². The van der Waals surface area contributed by atoms with Gasteiger partial charge in [0.05, 0.1) is 11.1 Å². The number of alkyl halides is 1. The van der Waals surface area contributed by atoms with Crippen LogP contribution in [0.5, 0.6) is 0 Å². The topological polar surface area (TPSA) is 61.1 Å². The molecule has 0 aromatic heterocycles. The molecule has 14 heavy (non-hydrogen) atoms. The lowest BCUT2D eigenvalue weighted by atomic mass is 10.00. The van der Waals surface area contributed by atoms with E-state index in [9.17, 15) is 4.79 Å². The van der Waals surface area contributed by atoms with Gasteiger partial charge >= 0.3 is 5.97 Å². The molecule has 0 saturated carbocycles. The number of rotatable bonds is 2. The Labute approximate surface area is 90.1 Å². The second kappa shape index (κ2) is 4.25. The molecule has 1 rings (SSSR count). The molecule has 1 aromatic carbocycles. The average Bonchev–Trinajstić information content (AvgIpc) is 2.15. The van der Waals surface area contributed by atoms with Crippen molar-refractivity contribution in [2.24, 2.45) is 0 Å². The van der Waals surface area contributed by atoms with E-state index in [4.69, 9.17) is 10.4 Å². The number of carbonyl (C=O) groups is 1. The number of aryl methyl sites for hydroxylation is 1. The van der Waals surface area contributed by atoms with Crippen molar-refractivity contribution in [2.75, 3.05) is 0 Å². The van der Waals surface area contributed by atoms with Crippen molar-refractivity contribution in [3.8, 4) is 6.07 Å². The Hall–Kier alpha value is -1.34. The highest BCUT2D eigenvalue weighted by Crippen LogP contribution is 2.19. The molecular weight excluding hydrogens is 246 g/mol. The lowest BCUT2D eigenvalue weighted by molar-refractivity contribution is 0.0695. The highest BCUT2D eigenvalue weighted by atomic mass is 79.9. The van der Waals surface area contributed by atoms with Gasteiger partial charge in [-0.05, 0) is 24.1 Å². The van der Waals surface area contributed by atoms with Crippen molar-refractivity contribution in [3.63, 3.8) is 0 Å². The highest BCUT2D eigenvalue weighted by molar-refractivity contribution is 9.08. The van der Waals surface area contributed by atoms with Crippen LogP contribution in [0.3, 0.4) is 0 Å². The summed E-state index contributed by atoms with van der Waals surface area (Å²) in [6.45, 7) is 1.83. The summed E-state index contributed by atoms with van der Waals surface area (Å²) in [5, 5.41) is 18.1. The zero-order valence-electron chi connectivity index (χ0n) is 7.54. The van der Waals surface area contributed by atoms with Crippen LogP contribution >= 0.6 is 15.9 Å². The molecule has 0 unspecified atom stereocenters. The van der Waals surface area contributed by atoms with Crippen molar-refractivity contribution in [2.45, 2.75) is 12.3 Å². The molecule has 4 heteroatoms. The van der Waals surface area contributed by atoms with Gasteiger partial charge in [0.15, 0.2) is 0 Å². The van der Waals surface area contributed by atoms with E-state index in [1.54, 1.807) is 12.1 Å². The standard InChI is InChI=1S/C10H8BrNO2/c1-6-2-7(4-11)9(10(13)14)8(3-6)5-12/h2-3H,4H2,1H3,(H,13,14). The van der Waals surface area contributed by atoms with Crippen molar-refractivity contribution in [1.29, 1.82) is 5.26 Å². The van der Waals surface area contributed by atoms with Gasteiger partial charge in [-0.15, -0.1) is 0 Å². The summed E-state index contributed by atoms with van der Waals surface area (Å²) in [5.74, 6) is -1.06. The SMILES string of the molecule is Cc1cc(C#N)c(C(=O)O)c(CBr)c1. The van der Waals surface area contributed by atoms with Gasteiger partial charge in [0.2, 0.25) is 0 Å². The van der Waals surface area contributed by atoms with Gasteiger partial charge in [0.25, 0.3) is 0 Å². The number of benzene rings is 1. The van der Waals surface area contributed by atoms with Crippen molar-refractivity contribution in [1.82, 2.24) is 0 Å². The Bertz CT molecular complexity index is 421. The molecule has 0 fully saturated rings. The Balaban J connectivity index is 3.50. The van der Waals surface area contributed by atoms with Crippen LogP contribution in [0.2, 0.25) is 0 Å². The van der Waals surface area contributed by atoms with Crippen LogP contribution in [-0.2, 0) is 5.33 Å². The van der Waals surface area contributed by atoms with E-state index in [-0.39, 0.29) is 11.1 Å². The minimum Gasteiger partial charge on any atom is -0.478 e. The Kier molecular flexibility index (Phi) is 3.26. The molecule has 3 nitrogen and oxygen atoms in total. The predicted molar refractivity (Wildman–Crippen MR) is 55.5 cm³/mol. The minimum atomic E-state index is -1.06. The molecule has 0 spiro atoms. The molecule has 0 amide bonds. The maximum absolute atomic E-state index is 10.9. The van der Waals surface area contributed by atoms with E-state index in [0.29, 0.717) is 10.9 Å². The van der Waals surface area contributed by atoms with E-state index in [0.717, 1.165) is 5.56 Å². The van der Waals surface area contributed by atoms with Crippen LogP contribution in [0.1, 0.15) is 27.0 Å². The largest absolute Gasteiger partial charge is 0.478 e. The number of halogens is 1. The zero-order valence-corrected chi connectivity index (χ0v) is 9.13. The number of hydrogen-bond donors (Lipinski definition) is 1. The Morgan fingerprint density at radius 1 is 1.64 bits per heavy atom. The molecule has 0 atom stereocenters. The molecule has 0 heterocycles. The van der Waals surface area contributed by atoms with Gasteiger partial charge in [-0.3, -0.25) is 0 Å².